The Bertz CT molecular complexity index is 474. The first kappa shape index (κ1) is 14.9. The fourth-order valence-corrected chi connectivity index (χ4v) is 1.92. The lowest BCUT2D eigenvalue weighted by Crippen LogP contribution is -2.23. The molecule has 0 amide bonds. The lowest BCUT2D eigenvalue weighted by Gasteiger charge is -2.17. The third-order valence-corrected chi connectivity index (χ3v) is 2.83. The number of nitro groups is 1. The van der Waals surface area contributed by atoms with E-state index in [-0.39, 0.29) is 18.2 Å². The molecule has 0 bridgehead atoms. The smallest absolute Gasteiger partial charge is 0.305 e. The van der Waals surface area contributed by atoms with Gasteiger partial charge >= 0.3 is 5.97 Å². The van der Waals surface area contributed by atoms with Crippen LogP contribution in [0.4, 0.5) is 11.4 Å². The molecule has 0 aliphatic carbocycles. The molecule has 19 heavy (non-hydrogen) atoms. The molecule has 1 atom stereocenters. The fraction of sp³-hybridized carbons (Fsp3) is 0.462. The molecule has 0 saturated heterocycles. The number of rotatable bonds is 7. The largest absolute Gasteiger partial charge is 0.481 e. The van der Waals surface area contributed by atoms with Crippen molar-refractivity contribution in [3.8, 4) is 0 Å². The van der Waals surface area contributed by atoms with Gasteiger partial charge in [0.2, 0.25) is 0 Å². The molecule has 0 aliphatic rings. The Morgan fingerprint density at radius 3 is 2.74 bits per heavy atom. The van der Waals surface area contributed by atoms with Gasteiger partial charge in [-0.2, -0.15) is 0 Å². The predicted octanol–water partition coefficient (Wildman–Crippen LogP) is 2.96. The van der Waals surface area contributed by atoms with Crippen molar-refractivity contribution in [3.63, 3.8) is 0 Å². The van der Waals surface area contributed by atoms with E-state index in [9.17, 15) is 14.9 Å². The minimum Gasteiger partial charge on any atom is -0.481 e. The minimum atomic E-state index is -0.882. The number of benzene rings is 1. The molecule has 0 spiro atoms. The normalized spacial score (nSPS) is 11.9. The van der Waals surface area contributed by atoms with Gasteiger partial charge in [0.1, 0.15) is 0 Å². The van der Waals surface area contributed by atoms with Crippen LogP contribution in [0.15, 0.2) is 18.2 Å². The third-order valence-electron chi connectivity index (χ3n) is 2.83. The molecular weight excluding hydrogens is 248 g/mol. The molecule has 2 N–H and O–H groups in total. The summed E-state index contributed by atoms with van der Waals surface area (Å²) >= 11 is 0. The highest BCUT2D eigenvalue weighted by Crippen LogP contribution is 2.23. The average molecular weight is 266 g/mol. The van der Waals surface area contributed by atoms with E-state index in [1.54, 1.807) is 19.1 Å². The van der Waals surface area contributed by atoms with E-state index in [2.05, 4.69) is 5.32 Å². The quantitative estimate of drug-likeness (QED) is 0.584. The van der Waals surface area contributed by atoms with E-state index < -0.39 is 10.9 Å². The molecule has 0 radical (unpaired) electrons. The number of hydrogen-bond donors (Lipinski definition) is 2. The first-order chi connectivity index (χ1) is 8.93. The van der Waals surface area contributed by atoms with Crippen LogP contribution in [0.1, 0.15) is 31.7 Å². The number of aliphatic carboxylic acids is 1. The van der Waals surface area contributed by atoms with Crippen LogP contribution >= 0.6 is 0 Å². The summed E-state index contributed by atoms with van der Waals surface area (Å²) in [6.45, 7) is 3.64. The Balaban J connectivity index is 2.87. The summed E-state index contributed by atoms with van der Waals surface area (Å²) in [5, 5.41) is 22.7. The summed E-state index contributed by atoms with van der Waals surface area (Å²) in [5.74, 6) is -0.882. The van der Waals surface area contributed by atoms with Gasteiger partial charge in [-0.1, -0.05) is 19.4 Å². The molecule has 6 heteroatoms. The van der Waals surface area contributed by atoms with Crippen molar-refractivity contribution in [1.29, 1.82) is 0 Å². The van der Waals surface area contributed by atoms with Gasteiger partial charge in [0.05, 0.1) is 11.3 Å². The number of hydrogen-bond acceptors (Lipinski definition) is 4. The highest BCUT2D eigenvalue weighted by Gasteiger charge is 2.15. The zero-order chi connectivity index (χ0) is 14.4. The maximum atomic E-state index is 10.8. The number of aryl methyl sites for hydroxylation is 1. The number of anilines is 1. The van der Waals surface area contributed by atoms with Gasteiger partial charge in [0.15, 0.2) is 0 Å². The molecule has 1 aromatic rings. The summed E-state index contributed by atoms with van der Waals surface area (Å²) < 4.78 is 0. The second-order valence-electron chi connectivity index (χ2n) is 4.49. The second kappa shape index (κ2) is 6.72. The number of nitrogens with zero attached hydrogens (tertiary/aromatic N) is 1. The molecule has 6 nitrogen and oxygen atoms in total. The highest BCUT2D eigenvalue weighted by atomic mass is 16.6. The summed E-state index contributed by atoms with van der Waals surface area (Å²) in [6, 6.07) is 4.61. The van der Waals surface area contributed by atoms with Gasteiger partial charge in [-0.05, 0) is 19.4 Å². The van der Waals surface area contributed by atoms with Crippen molar-refractivity contribution >= 4 is 17.3 Å². The number of nitro benzene ring substituents is 1. The van der Waals surface area contributed by atoms with Crippen molar-refractivity contribution in [2.45, 2.75) is 39.2 Å². The van der Waals surface area contributed by atoms with Crippen LogP contribution in [0.2, 0.25) is 0 Å². The Morgan fingerprint density at radius 2 is 2.21 bits per heavy atom. The molecule has 0 saturated carbocycles. The summed E-state index contributed by atoms with van der Waals surface area (Å²) in [5.41, 5.74) is 1.20. The van der Waals surface area contributed by atoms with Gasteiger partial charge in [0.25, 0.3) is 5.69 Å². The van der Waals surface area contributed by atoms with E-state index in [0.29, 0.717) is 17.7 Å². The van der Waals surface area contributed by atoms with E-state index in [0.717, 1.165) is 6.42 Å². The van der Waals surface area contributed by atoms with Gasteiger partial charge in [0, 0.05) is 23.4 Å². The SMILES string of the molecule is CCCC(CC(=O)O)Nc1ccc(C)c([N+](=O)[O-])c1. The zero-order valence-corrected chi connectivity index (χ0v) is 11.0. The van der Waals surface area contributed by atoms with Crippen molar-refractivity contribution in [2.75, 3.05) is 5.32 Å². The van der Waals surface area contributed by atoms with Crippen molar-refractivity contribution in [2.24, 2.45) is 0 Å². The molecule has 0 aromatic heterocycles. The first-order valence-corrected chi connectivity index (χ1v) is 6.17. The standard InChI is InChI=1S/C13H18N2O4/c1-3-4-10(8-13(16)17)14-11-6-5-9(2)12(7-11)15(18)19/h5-7,10,14H,3-4,8H2,1-2H3,(H,16,17). The van der Waals surface area contributed by atoms with E-state index in [1.165, 1.54) is 6.07 Å². The third kappa shape index (κ3) is 4.57. The Morgan fingerprint density at radius 1 is 1.53 bits per heavy atom. The van der Waals surface area contributed by atoms with Crippen LogP contribution in [-0.4, -0.2) is 22.0 Å². The first-order valence-electron chi connectivity index (χ1n) is 6.17. The zero-order valence-electron chi connectivity index (χ0n) is 11.0. The highest BCUT2D eigenvalue weighted by molar-refractivity contribution is 5.68. The number of carboxylic acid groups (broad SMARTS) is 1. The number of nitrogens with one attached hydrogen (secondary N) is 1. The molecule has 104 valence electrons. The van der Waals surface area contributed by atoms with Crippen molar-refractivity contribution in [3.05, 3.63) is 33.9 Å². The summed E-state index contributed by atoms with van der Waals surface area (Å²) in [6.07, 6.45) is 1.54. The molecule has 1 unspecified atom stereocenters. The van der Waals surface area contributed by atoms with Crippen LogP contribution in [0.5, 0.6) is 0 Å². The number of carbonyl (C=O) groups is 1. The fourth-order valence-electron chi connectivity index (χ4n) is 1.92. The van der Waals surface area contributed by atoms with Crippen molar-refractivity contribution in [1.82, 2.24) is 0 Å². The molecular formula is C13H18N2O4. The van der Waals surface area contributed by atoms with Crippen LogP contribution in [0, 0.1) is 17.0 Å². The Hall–Kier alpha value is -2.11. The minimum absolute atomic E-state index is 0.00445. The maximum Gasteiger partial charge on any atom is 0.305 e. The van der Waals surface area contributed by atoms with E-state index in [1.807, 2.05) is 6.92 Å². The number of carboxylic acids is 1. The van der Waals surface area contributed by atoms with Gasteiger partial charge < -0.3 is 10.4 Å². The topological polar surface area (TPSA) is 92.5 Å². The van der Waals surface area contributed by atoms with Gasteiger partial charge in [-0.15, -0.1) is 0 Å². The second-order valence-corrected chi connectivity index (χ2v) is 4.49. The molecule has 0 aliphatic heterocycles. The van der Waals surface area contributed by atoms with E-state index in [4.69, 9.17) is 5.11 Å². The van der Waals surface area contributed by atoms with Gasteiger partial charge in [-0.3, -0.25) is 14.9 Å². The Kier molecular flexibility index (Phi) is 5.29. The van der Waals surface area contributed by atoms with Crippen LogP contribution < -0.4 is 5.32 Å². The summed E-state index contributed by atoms with van der Waals surface area (Å²) in [4.78, 5) is 21.2. The monoisotopic (exact) mass is 266 g/mol. The molecule has 0 heterocycles. The lowest BCUT2D eigenvalue weighted by molar-refractivity contribution is -0.385. The van der Waals surface area contributed by atoms with Crippen LogP contribution in [-0.2, 0) is 4.79 Å². The lowest BCUT2D eigenvalue weighted by atomic mass is 10.1. The van der Waals surface area contributed by atoms with Crippen molar-refractivity contribution < 1.29 is 14.8 Å². The molecule has 0 fully saturated rings. The average Bonchev–Trinajstić information content (AvgIpc) is 2.30. The predicted molar refractivity (Wildman–Crippen MR) is 72.4 cm³/mol. The molecule has 1 aromatic carbocycles. The maximum absolute atomic E-state index is 10.8. The summed E-state index contributed by atoms with van der Waals surface area (Å²) in [7, 11) is 0. The van der Waals surface area contributed by atoms with Gasteiger partial charge in [-0.25, -0.2) is 0 Å². The molecule has 1 rings (SSSR count). The van der Waals surface area contributed by atoms with E-state index >= 15 is 0 Å². The van der Waals surface area contributed by atoms with Crippen LogP contribution in [0.3, 0.4) is 0 Å². The van der Waals surface area contributed by atoms with Crippen LogP contribution in [0.25, 0.3) is 0 Å². The Labute approximate surface area is 111 Å².